The molecule has 0 radical (unpaired) electrons. The molecule has 1 aliphatic carbocycles. The third-order valence-corrected chi connectivity index (χ3v) is 3.83. The standard InChI is InChI=1S/C14H25NO3/c1-3-4-5-10(2)15-13(16)11-6-8-12(9-7-11)14(17)18/h10-12H,3-9H2,1-2H3,(H,15,16)(H,17,18). The lowest BCUT2D eigenvalue weighted by molar-refractivity contribution is -0.144. The molecule has 1 amide bonds. The van der Waals surface area contributed by atoms with Crippen molar-refractivity contribution in [2.45, 2.75) is 64.8 Å². The van der Waals surface area contributed by atoms with Crippen LogP contribution in [0.5, 0.6) is 0 Å². The van der Waals surface area contributed by atoms with Gasteiger partial charge in [-0.3, -0.25) is 9.59 Å². The number of carbonyl (C=O) groups excluding carboxylic acids is 1. The zero-order chi connectivity index (χ0) is 13.5. The van der Waals surface area contributed by atoms with Crippen LogP contribution in [0.15, 0.2) is 0 Å². The van der Waals surface area contributed by atoms with E-state index in [1.165, 1.54) is 0 Å². The number of rotatable bonds is 6. The van der Waals surface area contributed by atoms with Gasteiger partial charge in [0.1, 0.15) is 0 Å². The van der Waals surface area contributed by atoms with Crippen LogP contribution in [0.25, 0.3) is 0 Å². The third kappa shape index (κ3) is 4.67. The number of carbonyl (C=O) groups is 2. The second-order valence-electron chi connectivity index (χ2n) is 5.44. The predicted octanol–water partition coefficient (Wildman–Crippen LogP) is 2.57. The second kappa shape index (κ2) is 7.39. The lowest BCUT2D eigenvalue weighted by Crippen LogP contribution is -2.39. The maximum atomic E-state index is 12.0. The van der Waals surface area contributed by atoms with E-state index in [2.05, 4.69) is 12.2 Å². The van der Waals surface area contributed by atoms with Gasteiger partial charge in [0.15, 0.2) is 0 Å². The van der Waals surface area contributed by atoms with E-state index >= 15 is 0 Å². The van der Waals surface area contributed by atoms with E-state index in [0.717, 1.165) is 19.3 Å². The summed E-state index contributed by atoms with van der Waals surface area (Å²) in [6.07, 6.45) is 5.99. The first-order valence-electron chi connectivity index (χ1n) is 7.07. The van der Waals surface area contributed by atoms with Gasteiger partial charge in [0.2, 0.25) is 5.91 Å². The molecular weight excluding hydrogens is 230 g/mol. The molecular formula is C14H25NO3. The number of hydrogen-bond donors (Lipinski definition) is 2. The van der Waals surface area contributed by atoms with E-state index in [9.17, 15) is 9.59 Å². The molecule has 0 spiro atoms. The fourth-order valence-electron chi connectivity index (χ4n) is 2.55. The number of nitrogens with one attached hydrogen (secondary N) is 1. The van der Waals surface area contributed by atoms with Gasteiger partial charge in [0, 0.05) is 12.0 Å². The molecule has 1 aliphatic rings. The average molecular weight is 255 g/mol. The summed E-state index contributed by atoms with van der Waals surface area (Å²) in [6, 6.07) is 0.231. The second-order valence-corrected chi connectivity index (χ2v) is 5.44. The number of carboxylic acid groups (broad SMARTS) is 1. The monoisotopic (exact) mass is 255 g/mol. The van der Waals surface area contributed by atoms with E-state index in [1.54, 1.807) is 0 Å². The van der Waals surface area contributed by atoms with Gasteiger partial charge in [-0.05, 0) is 39.0 Å². The fourth-order valence-corrected chi connectivity index (χ4v) is 2.55. The number of carboxylic acids is 1. The highest BCUT2D eigenvalue weighted by atomic mass is 16.4. The van der Waals surface area contributed by atoms with Gasteiger partial charge in [-0.25, -0.2) is 0 Å². The Morgan fingerprint density at radius 1 is 1.22 bits per heavy atom. The molecule has 1 unspecified atom stereocenters. The van der Waals surface area contributed by atoms with Crippen LogP contribution in [-0.2, 0) is 9.59 Å². The molecule has 4 heteroatoms. The van der Waals surface area contributed by atoms with Gasteiger partial charge in [-0.1, -0.05) is 19.8 Å². The largest absolute Gasteiger partial charge is 0.481 e. The molecule has 1 atom stereocenters. The lowest BCUT2D eigenvalue weighted by atomic mass is 9.81. The number of aliphatic carboxylic acids is 1. The van der Waals surface area contributed by atoms with E-state index in [4.69, 9.17) is 5.11 Å². The first kappa shape index (κ1) is 15.0. The molecule has 1 saturated carbocycles. The van der Waals surface area contributed by atoms with Crippen molar-refractivity contribution >= 4 is 11.9 Å². The number of amides is 1. The van der Waals surface area contributed by atoms with E-state index in [-0.39, 0.29) is 23.8 Å². The van der Waals surface area contributed by atoms with Crippen molar-refractivity contribution in [1.82, 2.24) is 5.32 Å². The first-order valence-corrected chi connectivity index (χ1v) is 7.07. The van der Waals surface area contributed by atoms with Crippen molar-refractivity contribution in [1.29, 1.82) is 0 Å². The van der Waals surface area contributed by atoms with Crippen molar-refractivity contribution in [2.75, 3.05) is 0 Å². The van der Waals surface area contributed by atoms with Crippen molar-refractivity contribution in [3.63, 3.8) is 0 Å². The Bertz CT molecular complexity index is 283. The highest BCUT2D eigenvalue weighted by molar-refractivity contribution is 5.79. The summed E-state index contributed by atoms with van der Waals surface area (Å²) in [6.45, 7) is 4.18. The van der Waals surface area contributed by atoms with E-state index < -0.39 is 5.97 Å². The highest BCUT2D eigenvalue weighted by Crippen LogP contribution is 2.29. The Labute approximate surface area is 109 Å². The van der Waals surface area contributed by atoms with Crippen LogP contribution in [0.4, 0.5) is 0 Å². The minimum atomic E-state index is -0.717. The Kier molecular flexibility index (Phi) is 6.16. The molecule has 0 aliphatic heterocycles. The Balaban J connectivity index is 2.29. The number of hydrogen-bond acceptors (Lipinski definition) is 2. The third-order valence-electron chi connectivity index (χ3n) is 3.83. The molecule has 0 aromatic carbocycles. The van der Waals surface area contributed by atoms with Crippen LogP contribution in [0, 0.1) is 11.8 Å². The number of unbranched alkanes of at least 4 members (excludes halogenated alkanes) is 1. The van der Waals surface area contributed by atoms with Crippen LogP contribution in [-0.4, -0.2) is 23.0 Å². The first-order chi connectivity index (χ1) is 8.54. The van der Waals surface area contributed by atoms with E-state index in [1.807, 2.05) is 6.92 Å². The Morgan fingerprint density at radius 2 is 1.78 bits per heavy atom. The van der Waals surface area contributed by atoms with E-state index in [0.29, 0.717) is 25.7 Å². The maximum Gasteiger partial charge on any atom is 0.306 e. The summed E-state index contributed by atoms with van der Waals surface area (Å²) < 4.78 is 0. The Hall–Kier alpha value is -1.06. The van der Waals surface area contributed by atoms with Gasteiger partial charge in [0.05, 0.1) is 5.92 Å². The summed E-state index contributed by atoms with van der Waals surface area (Å²) in [4.78, 5) is 22.8. The lowest BCUT2D eigenvalue weighted by Gasteiger charge is -2.26. The van der Waals surface area contributed by atoms with Crippen molar-refractivity contribution in [3.8, 4) is 0 Å². The molecule has 0 saturated heterocycles. The van der Waals surface area contributed by atoms with Crippen LogP contribution in [0.2, 0.25) is 0 Å². The molecule has 0 aromatic heterocycles. The summed E-state index contributed by atoms with van der Waals surface area (Å²) >= 11 is 0. The van der Waals surface area contributed by atoms with Gasteiger partial charge < -0.3 is 10.4 Å². The molecule has 1 rings (SSSR count). The van der Waals surface area contributed by atoms with Gasteiger partial charge in [0.25, 0.3) is 0 Å². The van der Waals surface area contributed by atoms with Gasteiger partial charge in [-0.2, -0.15) is 0 Å². The van der Waals surface area contributed by atoms with Crippen molar-refractivity contribution in [2.24, 2.45) is 11.8 Å². The van der Waals surface area contributed by atoms with Gasteiger partial charge in [-0.15, -0.1) is 0 Å². The van der Waals surface area contributed by atoms with Crippen LogP contribution in [0.3, 0.4) is 0 Å². The summed E-state index contributed by atoms with van der Waals surface area (Å²) in [7, 11) is 0. The quantitative estimate of drug-likeness (QED) is 0.766. The zero-order valence-electron chi connectivity index (χ0n) is 11.4. The maximum absolute atomic E-state index is 12.0. The van der Waals surface area contributed by atoms with Crippen molar-refractivity contribution < 1.29 is 14.7 Å². The molecule has 2 N–H and O–H groups in total. The molecule has 0 heterocycles. The van der Waals surface area contributed by atoms with Crippen LogP contribution < -0.4 is 5.32 Å². The summed E-state index contributed by atoms with van der Waals surface area (Å²) in [5.41, 5.74) is 0. The molecule has 18 heavy (non-hydrogen) atoms. The molecule has 1 fully saturated rings. The molecule has 4 nitrogen and oxygen atoms in total. The predicted molar refractivity (Wildman–Crippen MR) is 70.2 cm³/mol. The van der Waals surface area contributed by atoms with Gasteiger partial charge >= 0.3 is 5.97 Å². The highest BCUT2D eigenvalue weighted by Gasteiger charge is 2.29. The Morgan fingerprint density at radius 3 is 2.28 bits per heavy atom. The molecule has 104 valence electrons. The summed E-state index contributed by atoms with van der Waals surface area (Å²) in [5, 5.41) is 11.9. The van der Waals surface area contributed by atoms with Crippen LogP contribution >= 0.6 is 0 Å². The molecule has 0 bridgehead atoms. The SMILES string of the molecule is CCCCC(C)NC(=O)C1CCC(C(=O)O)CC1. The van der Waals surface area contributed by atoms with Crippen LogP contribution in [0.1, 0.15) is 58.8 Å². The minimum Gasteiger partial charge on any atom is -0.481 e. The smallest absolute Gasteiger partial charge is 0.306 e. The molecule has 0 aromatic rings. The average Bonchev–Trinajstić information content (AvgIpc) is 2.36. The normalized spacial score (nSPS) is 25.4. The fraction of sp³-hybridized carbons (Fsp3) is 0.857. The topological polar surface area (TPSA) is 66.4 Å². The summed E-state index contributed by atoms with van der Waals surface area (Å²) in [5.74, 6) is -0.830. The minimum absolute atomic E-state index is 0.0182. The van der Waals surface area contributed by atoms with Crippen molar-refractivity contribution in [3.05, 3.63) is 0 Å². The zero-order valence-corrected chi connectivity index (χ0v) is 11.4.